The summed E-state index contributed by atoms with van der Waals surface area (Å²) in [4.78, 5) is 0. The maximum absolute atomic E-state index is 6.22. The number of rotatable bonds is 8. The van der Waals surface area contributed by atoms with Gasteiger partial charge >= 0.3 is 0 Å². The Morgan fingerprint density at radius 2 is 1.84 bits per heavy atom. The van der Waals surface area contributed by atoms with Crippen LogP contribution in [0.15, 0.2) is 0 Å². The quantitative estimate of drug-likeness (QED) is 0.732. The molecule has 1 aliphatic rings. The van der Waals surface area contributed by atoms with E-state index in [0.29, 0.717) is 6.04 Å². The molecule has 0 heterocycles. The van der Waals surface area contributed by atoms with Crippen molar-refractivity contribution in [1.82, 2.24) is 5.32 Å². The second kappa shape index (κ2) is 7.61. The van der Waals surface area contributed by atoms with Gasteiger partial charge < -0.3 is 14.8 Å². The minimum atomic E-state index is -0.0445. The highest BCUT2D eigenvalue weighted by atomic mass is 16.5. The highest BCUT2D eigenvalue weighted by molar-refractivity contribution is 4.95. The van der Waals surface area contributed by atoms with Crippen LogP contribution in [0.1, 0.15) is 65.7 Å². The summed E-state index contributed by atoms with van der Waals surface area (Å²) in [5.41, 5.74) is 0.00272. The zero-order valence-corrected chi connectivity index (χ0v) is 13.6. The van der Waals surface area contributed by atoms with Crippen molar-refractivity contribution in [3.63, 3.8) is 0 Å². The summed E-state index contributed by atoms with van der Waals surface area (Å²) in [5.74, 6) is 0. The van der Waals surface area contributed by atoms with Gasteiger partial charge in [-0.1, -0.05) is 19.3 Å². The van der Waals surface area contributed by atoms with Crippen LogP contribution in [0.3, 0.4) is 0 Å². The molecule has 0 aromatic heterocycles. The SMILES string of the molecule is CCOC1(C(CCC(C)(C)OC)NC)CCCCC1. The Hall–Kier alpha value is -0.120. The Labute approximate surface area is 119 Å². The van der Waals surface area contributed by atoms with Crippen LogP contribution in [0.25, 0.3) is 0 Å². The molecule has 19 heavy (non-hydrogen) atoms. The van der Waals surface area contributed by atoms with Gasteiger partial charge in [-0.25, -0.2) is 0 Å². The van der Waals surface area contributed by atoms with E-state index < -0.39 is 0 Å². The molecule has 114 valence electrons. The van der Waals surface area contributed by atoms with Crippen molar-refractivity contribution in [2.75, 3.05) is 20.8 Å². The van der Waals surface area contributed by atoms with Crippen molar-refractivity contribution >= 4 is 0 Å². The molecule has 1 atom stereocenters. The minimum Gasteiger partial charge on any atom is -0.379 e. The molecule has 0 spiro atoms. The van der Waals surface area contributed by atoms with Crippen LogP contribution in [-0.4, -0.2) is 38.0 Å². The second-order valence-corrected chi connectivity index (χ2v) is 6.40. The Kier molecular flexibility index (Phi) is 6.78. The molecule has 3 nitrogen and oxygen atoms in total. The Balaban J connectivity index is 2.68. The highest BCUT2D eigenvalue weighted by Gasteiger charge is 2.40. The second-order valence-electron chi connectivity index (χ2n) is 6.40. The molecule has 1 fully saturated rings. The van der Waals surface area contributed by atoms with Crippen LogP contribution < -0.4 is 5.32 Å². The van der Waals surface area contributed by atoms with Gasteiger partial charge in [0.15, 0.2) is 0 Å². The topological polar surface area (TPSA) is 30.5 Å². The van der Waals surface area contributed by atoms with Gasteiger partial charge in [0, 0.05) is 19.8 Å². The minimum absolute atomic E-state index is 0.0445. The van der Waals surface area contributed by atoms with Crippen LogP contribution in [0.5, 0.6) is 0 Å². The van der Waals surface area contributed by atoms with Gasteiger partial charge in [-0.05, 0) is 53.5 Å². The van der Waals surface area contributed by atoms with Crippen LogP contribution >= 0.6 is 0 Å². The predicted molar refractivity (Wildman–Crippen MR) is 80.6 cm³/mol. The fourth-order valence-electron chi connectivity index (χ4n) is 3.30. The summed E-state index contributed by atoms with van der Waals surface area (Å²) >= 11 is 0. The largest absolute Gasteiger partial charge is 0.379 e. The monoisotopic (exact) mass is 271 g/mol. The molecule has 1 N–H and O–H groups in total. The van der Waals surface area contributed by atoms with Gasteiger partial charge in [0.05, 0.1) is 11.2 Å². The highest BCUT2D eigenvalue weighted by Crippen LogP contribution is 2.37. The molecular formula is C16H33NO2. The molecule has 0 aromatic carbocycles. The summed E-state index contributed by atoms with van der Waals surface area (Å²) in [6.07, 6.45) is 8.51. The van der Waals surface area contributed by atoms with Crippen LogP contribution in [0.4, 0.5) is 0 Å². The van der Waals surface area contributed by atoms with Crippen LogP contribution in [0, 0.1) is 0 Å². The Morgan fingerprint density at radius 1 is 1.21 bits per heavy atom. The molecule has 1 rings (SSSR count). The van der Waals surface area contributed by atoms with Crippen molar-refractivity contribution in [2.24, 2.45) is 0 Å². The smallest absolute Gasteiger partial charge is 0.0834 e. The lowest BCUT2D eigenvalue weighted by Crippen LogP contribution is -2.53. The third kappa shape index (κ3) is 4.73. The molecule has 0 radical (unpaired) electrons. The summed E-state index contributed by atoms with van der Waals surface area (Å²) in [6.45, 7) is 7.25. The van der Waals surface area contributed by atoms with Gasteiger partial charge in [-0.2, -0.15) is 0 Å². The van der Waals surface area contributed by atoms with Crippen molar-refractivity contribution in [1.29, 1.82) is 0 Å². The number of hydrogen-bond acceptors (Lipinski definition) is 3. The molecule has 0 aliphatic heterocycles. The van der Waals surface area contributed by atoms with Gasteiger partial charge in [-0.3, -0.25) is 0 Å². The first-order chi connectivity index (χ1) is 8.99. The van der Waals surface area contributed by atoms with Crippen molar-refractivity contribution in [3.8, 4) is 0 Å². The van der Waals surface area contributed by atoms with E-state index in [0.717, 1.165) is 19.4 Å². The molecule has 0 amide bonds. The van der Waals surface area contributed by atoms with E-state index >= 15 is 0 Å². The van der Waals surface area contributed by atoms with Gasteiger partial charge in [0.1, 0.15) is 0 Å². The van der Waals surface area contributed by atoms with E-state index in [9.17, 15) is 0 Å². The molecule has 1 unspecified atom stereocenters. The molecule has 1 aliphatic carbocycles. The predicted octanol–water partition coefficient (Wildman–Crippen LogP) is 3.52. The molecule has 0 aromatic rings. The number of methoxy groups -OCH3 is 1. The molecule has 0 saturated heterocycles. The normalized spacial score (nSPS) is 21.3. The van der Waals surface area contributed by atoms with Crippen molar-refractivity contribution in [3.05, 3.63) is 0 Å². The van der Waals surface area contributed by atoms with E-state index in [1.54, 1.807) is 7.11 Å². The lowest BCUT2D eigenvalue weighted by molar-refractivity contribution is -0.0946. The first kappa shape index (κ1) is 16.9. The van der Waals surface area contributed by atoms with Gasteiger partial charge in [0.2, 0.25) is 0 Å². The Morgan fingerprint density at radius 3 is 2.32 bits per heavy atom. The van der Waals surface area contributed by atoms with Crippen LogP contribution in [-0.2, 0) is 9.47 Å². The first-order valence-corrected chi connectivity index (χ1v) is 7.86. The molecule has 1 saturated carbocycles. The average Bonchev–Trinajstić information content (AvgIpc) is 2.40. The maximum Gasteiger partial charge on any atom is 0.0834 e. The van der Waals surface area contributed by atoms with Crippen molar-refractivity contribution in [2.45, 2.75) is 83.0 Å². The van der Waals surface area contributed by atoms with Gasteiger partial charge in [0.25, 0.3) is 0 Å². The number of ether oxygens (including phenoxy) is 2. The summed E-state index contributed by atoms with van der Waals surface area (Å²) < 4.78 is 11.8. The third-order valence-electron chi connectivity index (χ3n) is 4.70. The Bertz CT molecular complexity index is 242. The third-order valence-corrected chi connectivity index (χ3v) is 4.70. The van der Waals surface area contributed by atoms with E-state index in [2.05, 4.69) is 33.1 Å². The van der Waals surface area contributed by atoms with E-state index in [1.165, 1.54) is 32.1 Å². The zero-order chi connectivity index (χ0) is 14.4. The first-order valence-electron chi connectivity index (χ1n) is 7.86. The van der Waals surface area contributed by atoms with E-state index in [1.807, 2.05) is 0 Å². The maximum atomic E-state index is 6.22. The van der Waals surface area contributed by atoms with Crippen LogP contribution in [0.2, 0.25) is 0 Å². The van der Waals surface area contributed by atoms with E-state index in [-0.39, 0.29) is 11.2 Å². The molecule has 0 bridgehead atoms. The fraction of sp³-hybridized carbons (Fsp3) is 1.00. The fourth-order valence-corrected chi connectivity index (χ4v) is 3.30. The number of hydrogen-bond donors (Lipinski definition) is 1. The lowest BCUT2D eigenvalue weighted by atomic mass is 9.76. The zero-order valence-electron chi connectivity index (χ0n) is 13.6. The average molecular weight is 271 g/mol. The standard InChI is InChI=1S/C16H33NO2/c1-6-19-16(11-8-7-9-12-16)14(17-4)10-13-15(2,3)18-5/h14,17H,6-13H2,1-5H3. The van der Waals surface area contributed by atoms with Gasteiger partial charge in [-0.15, -0.1) is 0 Å². The molecule has 3 heteroatoms. The van der Waals surface area contributed by atoms with E-state index in [4.69, 9.17) is 9.47 Å². The summed E-state index contributed by atoms with van der Waals surface area (Å²) in [7, 11) is 3.87. The summed E-state index contributed by atoms with van der Waals surface area (Å²) in [5, 5.41) is 3.51. The summed E-state index contributed by atoms with van der Waals surface area (Å²) in [6, 6.07) is 0.433. The van der Waals surface area contributed by atoms with Crippen molar-refractivity contribution < 1.29 is 9.47 Å². The lowest BCUT2D eigenvalue weighted by Gasteiger charge is -2.44. The number of likely N-dealkylation sites (N-methyl/N-ethyl adjacent to an activating group) is 1. The molecular weight excluding hydrogens is 238 g/mol. The number of nitrogens with one attached hydrogen (secondary N) is 1.